The maximum atomic E-state index is 13.3. The second-order valence-corrected chi connectivity index (χ2v) is 8.06. The summed E-state index contributed by atoms with van der Waals surface area (Å²) in [5, 5.41) is 6.43. The lowest BCUT2D eigenvalue weighted by Crippen LogP contribution is -2.50. The molecule has 1 saturated heterocycles. The van der Waals surface area contributed by atoms with E-state index in [4.69, 9.17) is 5.10 Å². The van der Waals surface area contributed by atoms with Gasteiger partial charge in [-0.15, -0.1) is 0 Å². The van der Waals surface area contributed by atoms with Gasteiger partial charge in [-0.1, -0.05) is 60.2 Å². The monoisotopic (exact) mass is 404 g/mol. The van der Waals surface area contributed by atoms with Gasteiger partial charge in [0, 0.05) is 39.5 Å². The largest absolute Gasteiger partial charge is 0.340 e. The second-order valence-electron chi connectivity index (χ2n) is 8.06. The molecule has 1 atom stereocenters. The number of hydrogen-bond acceptors (Lipinski definition) is 4. The van der Waals surface area contributed by atoms with Crippen LogP contribution in [0.4, 0.5) is 0 Å². The Kier molecular flexibility index (Phi) is 5.95. The number of nitrogens with zero attached hydrogens (tertiary/aromatic N) is 4. The third kappa shape index (κ3) is 4.44. The van der Waals surface area contributed by atoms with E-state index in [9.17, 15) is 9.59 Å². The number of amides is 2. The van der Waals surface area contributed by atoms with Gasteiger partial charge in [-0.05, 0) is 18.1 Å². The van der Waals surface area contributed by atoms with Gasteiger partial charge in [0.05, 0.1) is 18.3 Å². The summed E-state index contributed by atoms with van der Waals surface area (Å²) in [5.74, 6) is 0.0971. The molecule has 0 aromatic heterocycles. The first kappa shape index (κ1) is 20.3. The Hall–Kier alpha value is -2.99. The topological polar surface area (TPSA) is 56.2 Å². The minimum Gasteiger partial charge on any atom is -0.340 e. The van der Waals surface area contributed by atoms with E-state index in [1.165, 1.54) is 5.56 Å². The fourth-order valence-corrected chi connectivity index (χ4v) is 4.08. The number of hydrazone groups is 1. The van der Waals surface area contributed by atoms with Crippen LogP contribution in [-0.2, 0) is 9.59 Å². The summed E-state index contributed by atoms with van der Waals surface area (Å²) in [7, 11) is 0. The predicted molar refractivity (Wildman–Crippen MR) is 117 cm³/mol. The predicted octanol–water partition coefficient (Wildman–Crippen LogP) is 2.84. The summed E-state index contributed by atoms with van der Waals surface area (Å²) in [4.78, 5) is 28.7. The van der Waals surface area contributed by atoms with Gasteiger partial charge in [0.1, 0.15) is 0 Å². The van der Waals surface area contributed by atoms with Gasteiger partial charge in [-0.25, -0.2) is 5.01 Å². The van der Waals surface area contributed by atoms with Crippen LogP contribution in [-0.4, -0.2) is 65.1 Å². The van der Waals surface area contributed by atoms with Gasteiger partial charge in [0.2, 0.25) is 5.91 Å². The lowest BCUT2D eigenvalue weighted by atomic mass is 9.98. The van der Waals surface area contributed by atoms with Crippen molar-refractivity contribution in [3.8, 4) is 0 Å². The number of benzene rings is 2. The average molecular weight is 405 g/mol. The van der Waals surface area contributed by atoms with E-state index >= 15 is 0 Å². The van der Waals surface area contributed by atoms with Crippen molar-refractivity contribution in [3.63, 3.8) is 0 Å². The van der Waals surface area contributed by atoms with Gasteiger partial charge in [0.25, 0.3) is 5.91 Å². The molecule has 6 nitrogen and oxygen atoms in total. The maximum Gasteiger partial charge on any atom is 0.257 e. The van der Waals surface area contributed by atoms with Crippen molar-refractivity contribution in [3.05, 3.63) is 71.3 Å². The lowest BCUT2D eigenvalue weighted by Gasteiger charge is -2.34. The molecule has 2 amide bonds. The van der Waals surface area contributed by atoms with Crippen molar-refractivity contribution in [1.82, 2.24) is 14.8 Å². The highest BCUT2D eigenvalue weighted by molar-refractivity contribution is 6.03. The van der Waals surface area contributed by atoms with Gasteiger partial charge >= 0.3 is 0 Å². The SMILES string of the molecule is CC(=O)N1CCN(CC(=O)N2N=C(c3ccccc3)CC2c2ccc(C)cc2)CC1. The maximum absolute atomic E-state index is 13.3. The quantitative estimate of drug-likeness (QED) is 0.787. The molecular formula is C24H28N4O2. The first-order chi connectivity index (χ1) is 14.5. The first-order valence-electron chi connectivity index (χ1n) is 10.5. The van der Waals surface area contributed by atoms with Crippen molar-refractivity contribution in [2.45, 2.75) is 26.3 Å². The van der Waals surface area contributed by atoms with Crippen LogP contribution < -0.4 is 0 Å². The van der Waals surface area contributed by atoms with Crippen molar-refractivity contribution < 1.29 is 9.59 Å². The van der Waals surface area contributed by atoms with Gasteiger partial charge in [0.15, 0.2) is 0 Å². The molecule has 6 heteroatoms. The van der Waals surface area contributed by atoms with Crippen LogP contribution >= 0.6 is 0 Å². The third-order valence-corrected chi connectivity index (χ3v) is 5.91. The number of carbonyl (C=O) groups is 2. The molecule has 0 bridgehead atoms. The molecular weight excluding hydrogens is 376 g/mol. The summed E-state index contributed by atoms with van der Waals surface area (Å²) in [6.07, 6.45) is 0.705. The lowest BCUT2D eigenvalue weighted by molar-refractivity contribution is -0.135. The van der Waals surface area contributed by atoms with Gasteiger partial charge in [-0.2, -0.15) is 5.10 Å². The minimum atomic E-state index is -0.0909. The number of carbonyl (C=O) groups excluding carboxylic acids is 2. The number of hydrogen-bond donors (Lipinski definition) is 0. The number of aryl methyl sites for hydroxylation is 1. The fraction of sp³-hybridized carbons (Fsp3) is 0.375. The summed E-state index contributed by atoms with van der Waals surface area (Å²) < 4.78 is 0. The summed E-state index contributed by atoms with van der Waals surface area (Å²) in [6.45, 7) is 6.74. The van der Waals surface area contributed by atoms with E-state index in [0.717, 1.165) is 16.8 Å². The highest BCUT2D eigenvalue weighted by atomic mass is 16.2. The number of piperazine rings is 1. The normalized spacial score (nSPS) is 19.7. The van der Waals surface area contributed by atoms with Crippen molar-refractivity contribution in [1.29, 1.82) is 0 Å². The van der Waals surface area contributed by atoms with E-state index in [1.807, 2.05) is 35.2 Å². The average Bonchev–Trinajstić information content (AvgIpc) is 3.21. The van der Waals surface area contributed by atoms with Crippen LogP contribution in [0.15, 0.2) is 59.7 Å². The standard InChI is InChI=1S/C24H28N4O2/c1-18-8-10-21(11-9-18)23-16-22(20-6-4-3-5-7-20)25-28(23)24(30)17-26-12-14-27(15-13-26)19(2)29/h3-11,23H,12-17H2,1-2H3. The summed E-state index contributed by atoms with van der Waals surface area (Å²) >= 11 is 0. The zero-order chi connectivity index (χ0) is 21.1. The zero-order valence-electron chi connectivity index (χ0n) is 17.6. The molecule has 2 aromatic carbocycles. The fourth-order valence-electron chi connectivity index (χ4n) is 4.08. The zero-order valence-corrected chi connectivity index (χ0v) is 17.6. The van der Waals surface area contributed by atoms with Crippen molar-refractivity contribution in [2.24, 2.45) is 5.10 Å². The molecule has 0 aliphatic carbocycles. The minimum absolute atomic E-state index is 0.00258. The Bertz CT molecular complexity index is 931. The molecule has 1 unspecified atom stereocenters. The van der Waals surface area contributed by atoms with E-state index in [1.54, 1.807) is 11.9 Å². The molecule has 2 heterocycles. The number of rotatable bonds is 4. The Morgan fingerprint density at radius 2 is 1.63 bits per heavy atom. The van der Waals surface area contributed by atoms with Crippen LogP contribution in [0.1, 0.15) is 36.1 Å². The van der Waals surface area contributed by atoms with Gasteiger partial charge < -0.3 is 4.90 Å². The van der Waals surface area contributed by atoms with Crippen LogP contribution in [0.5, 0.6) is 0 Å². The molecule has 2 aliphatic heterocycles. The van der Waals surface area contributed by atoms with Crippen LogP contribution in [0, 0.1) is 6.92 Å². The van der Waals surface area contributed by atoms with E-state index in [-0.39, 0.29) is 17.9 Å². The van der Waals surface area contributed by atoms with Crippen molar-refractivity contribution in [2.75, 3.05) is 32.7 Å². The summed E-state index contributed by atoms with van der Waals surface area (Å²) in [6, 6.07) is 18.3. The first-order valence-corrected chi connectivity index (χ1v) is 10.5. The molecule has 0 spiro atoms. The van der Waals surface area contributed by atoms with Crippen LogP contribution in [0.2, 0.25) is 0 Å². The highest BCUT2D eigenvalue weighted by Gasteiger charge is 2.34. The molecule has 0 radical (unpaired) electrons. The smallest absolute Gasteiger partial charge is 0.257 e. The molecule has 0 N–H and O–H groups in total. The van der Waals surface area contributed by atoms with E-state index < -0.39 is 0 Å². The van der Waals surface area contributed by atoms with Crippen LogP contribution in [0.3, 0.4) is 0 Å². The third-order valence-electron chi connectivity index (χ3n) is 5.91. The Labute approximate surface area is 177 Å². The molecule has 1 fully saturated rings. The molecule has 0 saturated carbocycles. The molecule has 156 valence electrons. The van der Waals surface area contributed by atoms with E-state index in [2.05, 4.69) is 36.1 Å². The molecule has 30 heavy (non-hydrogen) atoms. The van der Waals surface area contributed by atoms with Gasteiger partial charge in [-0.3, -0.25) is 14.5 Å². The van der Waals surface area contributed by atoms with E-state index in [0.29, 0.717) is 39.1 Å². The Morgan fingerprint density at radius 3 is 2.27 bits per heavy atom. The second kappa shape index (κ2) is 8.79. The molecule has 2 aromatic rings. The Balaban J connectivity index is 1.52. The summed E-state index contributed by atoms with van der Waals surface area (Å²) in [5.41, 5.74) is 4.29. The van der Waals surface area contributed by atoms with Crippen LogP contribution in [0.25, 0.3) is 0 Å². The molecule has 2 aliphatic rings. The highest BCUT2D eigenvalue weighted by Crippen LogP contribution is 2.33. The van der Waals surface area contributed by atoms with Crippen molar-refractivity contribution >= 4 is 17.5 Å². The molecule has 4 rings (SSSR count). The Morgan fingerprint density at radius 1 is 0.967 bits per heavy atom.